The molecule has 1 N–H and O–H groups in total. The van der Waals surface area contributed by atoms with Crippen LogP contribution in [0.3, 0.4) is 0 Å². The molecule has 0 aliphatic heterocycles. The highest BCUT2D eigenvalue weighted by molar-refractivity contribution is 5.46. The highest BCUT2D eigenvalue weighted by Gasteiger charge is 2.19. The van der Waals surface area contributed by atoms with E-state index in [2.05, 4.69) is 27.3 Å². The topological polar surface area (TPSA) is 45.5 Å². The second kappa shape index (κ2) is 4.33. The molecule has 2 heterocycles. The van der Waals surface area contributed by atoms with Crippen LogP contribution >= 0.6 is 0 Å². The lowest BCUT2D eigenvalue weighted by Gasteiger charge is -2.18. The fourth-order valence-electron chi connectivity index (χ4n) is 1.85. The average Bonchev–Trinajstić information content (AvgIpc) is 3.04. The molecule has 1 saturated carbocycles. The quantitative estimate of drug-likeness (QED) is 0.831. The van der Waals surface area contributed by atoms with Gasteiger partial charge in [0, 0.05) is 38.4 Å². The van der Waals surface area contributed by atoms with Crippen molar-refractivity contribution in [2.24, 2.45) is 0 Å². The minimum absolute atomic E-state index is 0.772. The molecule has 3 rings (SSSR count). The van der Waals surface area contributed by atoms with Crippen molar-refractivity contribution in [1.82, 2.24) is 19.9 Å². The summed E-state index contributed by atoms with van der Waals surface area (Å²) < 4.78 is 1.78. The first-order valence-electron chi connectivity index (χ1n) is 6.08. The van der Waals surface area contributed by atoms with Gasteiger partial charge < -0.3 is 10.2 Å². The molecule has 0 unspecified atom stereocenters. The molecule has 0 spiro atoms. The van der Waals surface area contributed by atoms with Crippen LogP contribution in [0, 0.1) is 0 Å². The van der Waals surface area contributed by atoms with E-state index in [1.54, 1.807) is 10.7 Å². The molecule has 90 valence electrons. The zero-order chi connectivity index (χ0) is 11.7. The first-order valence-corrected chi connectivity index (χ1v) is 6.08. The van der Waals surface area contributed by atoms with Gasteiger partial charge in [-0.25, -0.2) is 9.50 Å². The Morgan fingerprint density at radius 2 is 2.35 bits per heavy atom. The Hall–Kier alpha value is -1.62. The molecule has 0 bridgehead atoms. The van der Waals surface area contributed by atoms with E-state index < -0.39 is 0 Å². The zero-order valence-electron chi connectivity index (χ0n) is 10.0. The summed E-state index contributed by atoms with van der Waals surface area (Å²) in [5.74, 6) is 0.996. The number of likely N-dealkylation sites (N-methyl/N-ethyl adjacent to an activating group) is 1. The Morgan fingerprint density at radius 1 is 1.47 bits per heavy atom. The van der Waals surface area contributed by atoms with Gasteiger partial charge in [0.05, 0.1) is 6.20 Å². The normalized spacial score (nSPS) is 15.4. The van der Waals surface area contributed by atoms with E-state index in [9.17, 15) is 0 Å². The minimum atomic E-state index is 0.772. The number of nitrogens with one attached hydrogen (secondary N) is 1. The van der Waals surface area contributed by atoms with Crippen LogP contribution in [0.5, 0.6) is 0 Å². The van der Waals surface area contributed by atoms with E-state index in [0.29, 0.717) is 0 Å². The summed E-state index contributed by atoms with van der Waals surface area (Å²) in [6.45, 7) is 2.00. The predicted molar refractivity (Wildman–Crippen MR) is 67.3 cm³/mol. The highest BCUT2D eigenvalue weighted by atomic mass is 15.3. The lowest BCUT2D eigenvalue weighted by molar-refractivity contribution is 0.672. The number of nitrogens with zero attached hydrogens (tertiary/aromatic N) is 4. The molecule has 0 atom stereocenters. The molecule has 5 nitrogen and oxygen atoms in total. The van der Waals surface area contributed by atoms with Crippen molar-refractivity contribution in [2.45, 2.75) is 18.9 Å². The van der Waals surface area contributed by atoms with Gasteiger partial charge >= 0.3 is 0 Å². The molecule has 1 fully saturated rings. The van der Waals surface area contributed by atoms with E-state index in [1.165, 1.54) is 12.8 Å². The number of aromatic nitrogens is 3. The molecule has 1 aliphatic carbocycles. The van der Waals surface area contributed by atoms with Crippen LogP contribution in [-0.2, 0) is 0 Å². The molecule has 2 aromatic heterocycles. The van der Waals surface area contributed by atoms with Gasteiger partial charge in [0.1, 0.15) is 5.82 Å². The molecular formula is C12H17N5. The number of rotatable bonds is 5. The van der Waals surface area contributed by atoms with Gasteiger partial charge in [-0.3, -0.25) is 0 Å². The Kier molecular flexibility index (Phi) is 2.68. The van der Waals surface area contributed by atoms with Crippen molar-refractivity contribution in [3.63, 3.8) is 0 Å². The molecule has 5 heteroatoms. The van der Waals surface area contributed by atoms with Crippen LogP contribution in [0.2, 0.25) is 0 Å². The van der Waals surface area contributed by atoms with Crippen LogP contribution < -0.4 is 10.2 Å². The summed E-state index contributed by atoms with van der Waals surface area (Å²) in [6.07, 6.45) is 6.39. The van der Waals surface area contributed by atoms with Crippen molar-refractivity contribution in [3.8, 4) is 0 Å². The summed E-state index contributed by atoms with van der Waals surface area (Å²) in [5.41, 5.74) is 0.893. The van der Waals surface area contributed by atoms with Crippen LogP contribution in [-0.4, -0.2) is 40.8 Å². The smallest absolute Gasteiger partial charge is 0.157 e. The van der Waals surface area contributed by atoms with E-state index in [4.69, 9.17) is 0 Å². The molecule has 1 aliphatic rings. The van der Waals surface area contributed by atoms with Crippen molar-refractivity contribution >= 4 is 11.5 Å². The zero-order valence-corrected chi connectivity index (χ0v) is 10.0. The van der Waals surface area contributed by atoms with Gasteiger partial charge in [0.15, 0.2) is 5.65 Å². The molecule has 17 heavy (non-hydrogen) atoms. The van der Waals surface area contributed by atoms with Gasteiger partial charge in [-0.05, 0) is 18.9 Å². The van der Waals surface area contributed by atoms with E-state index >= 15 is 0 Å². The maximum atomic E-state index is 4.55. The maximum Gasteiger partial charge on any atom is 0.157 e. The summed E-state index contributed by atoms with van der Waals surface area (Å²) >= 11 is 0. The van der Waals surface area contributed by atoms with Crippen LogP contribution in [0.25, 0.3) is 5.65 Å². The lowest BCUT2D eigenvalue weighted by Crippen LogP contribution is -2.30. The SMILES string of the molecule is CN(CCNC1CC1)c1ccn2nccc2n1. The first-order chi connectivity index (χ1) is 8.33. The predicted octanol–water partition coefficient (Wildman–Crippen LogP) is 0.917. The second-order valence-corrected chi connectivity index (χ2v) is 4.57. The van der Waals surface area contributed by atoms with Crippen molar-refractivity contribution in [2.75, 3.05) is 25.0 Å². The van der Waals surface area contributed by atoms with Gasteiger partial charge in [0.2, 0.25) is 0 Å². The fourth-order valence-corrected chi connectivity index (χ4v) is 1.85. The maximum absolute atomic E-state index is 4.55. The average molecular weight is 231 g/mol. The standard InChI is InChI=1S/C12H17N5/c1-16(9-7-13-10-2-3-10)11-5-8-17-12(15-11)4-6-14-17/h4-6,8,10,13H,2-3,7,9H2,1H3. The Bertz CT molecular complexity index is 502. The van der Waals surface area contributed by atoms with Gasteiger partial charge in [-0.15, -0.1) is 0 Å². The number of hydrogen-bond donors (Lipinski definition) is 1. The fraction of sp³-hybridized carbons (Fsp3) is 0.500. The van der Waals surface area contributed by atoms with E-state index in [-0.39, 0.29) is 0 Å². The second-order valence-electron chi connectivity index (χ2n) is 4.57. The summed E-state index contributed by atoms with van der Waals surface area (Å²) in [6, 6.07) is 4.69. The summed E-state index contributed by atoms with van der Waals surface area (Å²) in [7, 11) is 2.07. The molecule has 0 aromatic carbocycles. The van der Waals surface area contributed by atoms with E-state index in [1.807, 2.05) is 18.3 Å². The molecule has 2 aromatic rings. The van der Waals surface area contributed by atoms with Crippen molar-refractivity contribution in [3.05, 3.63) is 24.5 Å². The van der Waals surface area contributed by atoms with Crippen molar-refractivity contribution in [1.29, 1.82) is 0 Å². The molecule has 0 saturated heterocycles. The molecule has 0 amide bonds. The third-order valence-corrected chi connectivity index (χ3v) is 3.09. The number of hydrogen-bond acceptors (Lipinski definition) is 4. The highest BCUT2D eigenvalue weighted by Crippen LogP contribution is 2.18. The lowest BCUT2D eigenvalue weighted by atomic mass is 10.4. The Morgan fingerprint density at radius 3 is 3.18 bits per heavy atom. The third-order valence-electron chi connectivity index (χ3n) is 3.09. The first kappa shape index (κ1) is 10.5. The van der Waals surface area contributed by atoms with Crippen molar-refractivity contribution < 1.29 is 0 Å². The number of fused-ring (bicyclic) bond motifs is 1. The monoisotopic (exact) mass is 231 g/mol. The Labute approximate surface area is 100 Å². The van der Waals surface area contributed by atoms with Gasteiger partial charge in [-0.2, -0.15) is 5.10 Å². The van der Waals surface area contributed by atoms with Crippen LogP contribution in [0.4, 0.5) is 5.82 Å². The van der Waals surface area contributed by atoms with Gasteiger partial charge in [0.25, 0.3) is 0 Å². The van der Waals surface area contributed by atoms with Crippen LogP contribution in [0.1, 0.15) is 12.8 Å². The summed E-state index contributed by atoms with van der Waals surface area (Å²) in [5, 5.41) is 7.64. The van der Waals surface area contributed by atoms with E-state index in [0.717, 1.165) is 30.6 Å². The number of anilines is 1. The van der Waals surface area contributed by atoms with Crippen LogP contribution in [0.15, 0.2) is 24.5 Å². The third kappa shape index (κ3) is 2.39. The largest absolute Gasteiger partial charge is 0.358 e. The summed E-state index contributed by atoms with van der Waals surface area (Å²) in [4.78, 5) is 6.72. The molecular weight excluding hydrogens is 214 g/mol. The Balaban J connectivity index is 1.64. The minimum Gasteiger partial charge on any atom is -0.358 e. The molecule has 0 radical (unpaired) electrons. The van der Waals surface area contributed by atoms with Gasteiger partial charge in [-0.1, -0.05) is 0 Å².